The molecular weight excluding hydrogens is 322 g/mol. The molecule has 0 spiro atoms. The molecule has 2 saturated heterocycles. The SMILES string of the molecule is CC1(C)CC(CCNC(=O)CC2CC(C)(C)NC(C)(C)C2)CC(C)(C)N1. The molecular formula is C22H43N3O. The van der Waals surface area contributed by atoms with Crippen molar-refractivity contribution < 1.29 is 4.79 Å². The number of piperidine rings is 2. The average molecular weight is 366 g/mol. The van der Waals surface area contributed by atoms with Crippen LogP contribution in [0.5, 0.6) is 0 Å². The van der Waals surface area contributed by atoms with Gasteiger partial charge in [0.05, 0.1) is 0 Å². The molecule has 2 fully saturated rings. The Kier molecular flexibility index (Phi) is 6.19. The van der Waals surface area contributed by atoms with Crippen LogP contribution in [0.4, 0.5) is 0 Å². The molecule has 0 saturated carbocycles. The van der Waals surface area contributed by atoms with Crippen LogP contribution in [0.15, 0.2) is 0 Å². The molecule has 1 amide bonds. The predicted octanol–water partition coefficient (Wildman–Crippen LogP) is 4.00. The lowest BCUT2D eigenvalue weighted by Gasteiger charge is -2.47. The van der Waals surface area contributed by atoms with Crippen molar-refractivity contribution in [3.8, 4) is 0 Å². The molecule has 0 radical (unpaired) electrons. The molecule has 0 aromatic rings. The van der Waals surface area contributed by atoms with Gasteiger partial charge in [0.2, 0.25) is 5.91 Å². The van der Waals surface area contributed by atoms with Crippen molar-refractivity contribution in [2.24, 2.45) is 11.8 Å². The van der Waals surface area contributed by atoms with E-state index in [-0.39, 0.29) is 28.1 Å². The maximum absolute atomic E-state index is 12.5. The molecule has 0 bridgehead atoms. The highest BCUT2D eigenvalue weighted by molar-refractivity contribution is 5.76. The fourth-order valence-electron chi connectivity index (χ4n) is 6.17. The Morgan fingerprint density at radius 1 is 0.769 bits per heavy atom. The number of hydrogen-bond acceptors (Lipinski definition) is 3. The highest BCUT2D eigenvalue weighted by Crippen LogP contribution is 2.35. The van der Waals surface area contributed by atoms with Crippen molar-refractivity contribution in [2.45, 2.75) is 116 Å². The van der Waals surface area contributed by atoms with Gasteiger partial charge in [-0.25, -0.2) is 0 Å². The van der Waals surface area contributed by atoms with Gasteiger partial charge in [0.1, 0.15) is 0 Å². The van der Waals surface area contributed by atoms with E-state index in [0.29, 0.717) is 18.3 Å². The number of rotatable bonds is 5. The second-order valence-electron chi connectivity index (χ2n) is 11.7. The third kappa shape index (κ3) is 6.84. The van der Waals surface area contributed by atoms with Crippen molar-refractivity contribution in [1.29, 1.82) is 0 Å². The first kappa shape index (κ1) is 21.7. The van der Waals surface area contributed by atoms with Crippen LogP contribution in [-0.2, 0) is 4.79 Å². The molecule has 26 heavy (non-hydrogen) atoms. The van der Waals surface area contributed by atoms with E-state index in [2.05, 4.69) is 71.3 Å². The second-order valence-corrected chi connectivity index (χ2v) is 11.7. The van der Waals surface area contributed by atoms with Gasteiger partial charge >= 0.3 is 0 Å². The summed E-state index contributed by atoms with van der Waals surface area (Å²) in [6, 6.07) is 0. The van der Waals surface area contributed by atoms with E-state index in [4.69, 9.17) is 0 Å². The van der Waals surface area contributed by atoms with Gasteiger partial charge in [-0.3, -0.25) is 4.79 Å². The average Bonchev–Trinajstić information content (AvgIpc) is 2.29. The lowest BCUT2D eigenvalue weighted by molar-refractivity contribution is -0.122. The smallest absolute Gasteiger partial charge is 0.220 e. The largest absolute Gasteiger partial charge is 0.356 e. The second kappa shape index (κ2) is 7.43. The summed E-state index contributed by atoms with van der Waals surface area (Å²) in [6.07, 6.45) is 6.26. The maximum atomic E-state index is 12.5. The summed E-state index contributed by atoms with van der Waals surface area (Å²) in [5.74, 6) is 1.38. The molecule has 4 nitrogen and oxygen atoms in total. The van der Waals surface area contributed by atoms with Gasteiger partial charge in [0.15, 0.2) is 0 Å². The Morgan fingerprint density at radius 2 is 1.15 bits per heavy atom. The van der Waals surface area contributed by atoms with Crippen LogP contribution in [0, 0.1) is 11.8 Å². The van der Waals surface area contributed by atoms with Gasteiger partial charge in [-0.05, 0) is 99.3 Å². The molecule has 2 rings (SSSR count). The van der Waals surface area contributed by atoms with Crippen LogP contribution in [0.2, 0.25) is 0 Å². The van der Waals surface area contributed by atoms with Crippen molar-refractivity contribution >= 4 is 5.91 Å². The minimum absolute atomic E-state index is 0.110. The predicted molar refractivity (Wildman–Crippen MR) is 110 cm³/mol. The summed E-state index contributed by atoms with van der Waals surface area (Å²) in [4.78, 5) is 12.5. The molecule has 2 heterocycles. The van der Waals surface area contributed by atoms with E-state index in [1.165, 1.54) is 12.8 Å². The zero-order valence-electron chi connectivity index (χ0n) is 18.5. The van der Waals surface area contributed by atoms with Gasteiger partial charge in [0, 0.05) is 35.1 Å². The first-order valence-corrected chi connectivity index (χ1v) is 10.5. The molecule has 0 aromatic heterocycles. The van der Waals surface area contributed by atoms with Gasteiger partial charge in [0.25, 0.3) is 0 Å². The number of nitrogens with one attached hydrogen (secondary N) is 3. The summed E-state index contributed by atoms with van der Waals surface area (Å²) in [7, 11) is 0. The van der Waals surface area contributed by atoms with E-state index < -0.39 is 0 Å². The van der Waals surface area contributed by atoms with E-state index in [1.807, 2.05) is 0 Å². The monoisotopic (exact) mass is 365 g/mol. The van der Waals surface area contributed by atoms with Crippen LogP contribution in [-0.4, -0.2) is 34.6 Å². The van der Waals surface area contributed by atoms with Crippen molar-refractivity contribution in [3.05, 3.63) is 0 Å². The summed E-state index contributed by atoms with van der Waals surface area (Å²) in [6.45, 7) is 19.0. The number of carbonyl (C=O) groups excluding carboxylic acids is 1. The van der Waals surface area contributed by atoms with Crippen LogP contribution in [0.3, 0.4) is 0 Å². The summed E-state index contributed by atoms with van der Waals surface area (Å²) >= 11 is 0. The van der Waals surface area contributed by atoms with Crippen molar-refractivity contribution in [2.75, 3.05) is 6.54 Å². The number of carbonyl (C=O) groups is 1. The fourth-order valence-corrected chi connectivity index (χ4v) is 6.17. The zero-order chi connectivity index (χ0) is 19.8. The van der Waals surface area contributed by atoms with E-state index >= 15 is 0 Å². The first-order chi connectivity index (χ1) is 11.7. The Bertz CT molecular complexity index is 476. The van der Waals surface area contributed by atoms with E-state index in [9.17, 15) is 4.79 Å². The third-order valence-electron chi connectivity index (χ3n) is 5.90. The molecule has 2 aliphatic rings. The van der Waals surface area contributed by atoms with Gasteiger partial charge in [-0.1, -0.05) is 0 Å². The Balaban J connectivity index is 1.77. The molecule has 4 heteroatoms. The quantitative estimate of drug-likeness (QED) is 0.690. The van der Waals surface area contributed by atoms with Crippen LogP contribution < -0.4 is 16.0 Å². The zero-order valence-corrected chi connectivity index (χ0v) is 18.5. The van der Waals surface area contributed by atoms with E-state index in [0.717, 1.165) is 25.8 Å². The van der Waals surface area contributed by atoms with E-state index in [1.54, 1.807) is 0 Å². The normalized spacial score (nSPS) is 27.8. The Labute approximate surface area is 161 Å². The topological polar surface area (TPSA) is 53.2 Å². The summed E-state index contributed by atoms with van der Waals surface area (Å²) in [5.41, 5.74) is 0.587. The summed E-state index contributed by atoms with van der Waals surface area (Å²) in [5, 5.41) is 10.6. The fraction of sp³-hybridized carbons (Fsp3) is 0.955. The Morgan fingerprint density at radius 3 is 1.58 bits per heavy atom. The molecule has 0 unspecified atom stereocenters. The molecule has 3 N–H and O–H groups in total. The highest BCUT2D eigenvalue weighted by atomic mass is 16.1. The molecule has 0 aliphatic carbocycles. The highest BCUT2D eigenvalue weighted by Gasteiger charge is 2.39. The molecule has 2 aliphatic heterocycles. The first-order valence-electron chi connectivity index (χ1n) is 10.5. The van der Waals surface area contributed by atoms with Crippen LogP contribution in [0.1, 0.15) is 93.9 Å². The minimum atomic E-state index is 0.110. The molecule has 0 aromatic carbocycles. The van der Waals surface area contributed by atoms with Crippen molar-refractivity contribution in [1.82, 2.24) is 16.0 Å². The van der Waals surface area contributed by atoms with Gasteiger partial charge in [-0.2, -0.15) is 0 Å². The minimum Gasteiger partial charge on any atom is -0.356 e. The third-order valence-corrected chi connectivity index (χ3v) is 5.90. The maximum Gasteiger partial charge on any atom is 0.220 e. The Hall–Kier alpha value is -0.610. The van der Waals surface area contributed by atoms with Crippen LogP contribution in [0.25, 0.3) is 0 Å². The standard InChI is InChI=1S/C22H43N3O/c1-19(2)12-16(13-20(3,4)24-19)9-10-23-18(26)11-17-14-21(5,6)25-22(7,8)15-17/h16-17,24-25H,9-15H2,1-8H3,(H,23,26). The number of hydrogen-bond donors (Lipinski definition) is 3. The van der Waals surface area contributed by atoms with Crippen molar-refractivity contribution in [3.63, 3.8) is 0 Å². The lowest BCUT2D eigenvalue weighted by Crippen LogP contribution is -2.58. The lowest BCUT2D eigenvalue weighted by atomic mass is 9.74. The van der Waals surface area contributed by atoms with Gasteiger partial charge in [-0.15, -0.1) is 0 Å². The summed E-state index contributed by atoms with van der Waals surface area (Å²) < 4.78 is 0. The molecule has 0 atom stereocenters. The van der Waals surface area contributed by atoms with Gasteiger partial charge < -0.3 is 16.0 Å². The van der Waals surface area contributed by atoms with Crippen LogP contribution >= 0.6 is 0 Å². The molecule has 152 valence electrons. The number of amides is 1.